The Kier molecular flexibility index (Phi) is 7.57. The summed E-state index contributed by atoms with van der Waals surface area (Å²) in [6, 6.07) is 0. The number of nitrogens with zero attached hydrogens (tertiary/aromatic N) is 2. The Balaban J connectivity index is 0.000000515. The number of hydrogen-bond acceptors (Lipinski definition) is 5. The number of primary amides is 1. The van der Waals surface area contributed by atoms with Crippen LogP contribution >= 0.6 is 0 Å². The van der Waals surface area contributed by atoms with Crippen LogP contribution < -0.4 is 5.73 Å². The van der Waals surface area contributed by atoms with Gasteiger partial charge in [-0.25, -0.2) is 9.78 Å². The monoisotopic (exact) mass is 339 g/mol. The van der Waals surface area contributed by atoms with Crippen molar-refractivity contribution in [1.82, 2.24) is 9.55 Å². The zero-order valence-electron chi connectivity index (χ0n) is 13.3. The molecule has 0 saturated carbocycles. The largest absolute Gasteiger partial charge is 0.469 e. The van der Waals surface area contributed by atoms with E-state index in [2.05, 4.69) is 14.5 Å². The summed E-state index contributed by atoms with van der Waals surface area (Å²) < 4.78 is 46.4. The second-order valence-corrected chi connectivity index (χ2v) is 5.35. The van der Waals surface area contributed by atoms with Gasteiger partial charge in [0.25, 0.3) is 0 Å². The molecular weight excluding hydrogens is 319 g/mol. The van der Waals surface area contributed by atoms with Crippen LogP contribution in [0.15, 0.2) is 12.5 Å². The minimum Gasteiger partial charge on any atom is -0.469 e. The van der Waals surface area contributed by atoms with E-state index in [1.54, 1.807) is 20.8 Å². The molecule has 0 bridgehead atoms. The van der Waals surface area contributed by atoms with E-state index < -0.39 is 29.5 Å². The molecule has 132 valence electrons. The molecule has 7 nitrogen and oxygen atoms in total. The number of hydrogen-bond donors (Lipinski definition) is 1. The van der Waals surface area contributed by atoms with Crippen LogP contribution in [0.1, 0.15) is 32.9 Å². The molecule has 0 spiro atoms. The molecule has 0 aliphatic heterocycles. The summed E-state index contributed by atoms with van der Waals surface area (Å²) in [5.74, 6) is -0.475. The first-order valence-electron chi connectivity index (χ1n) is 6.49. The van der Waals surface area contributed by atoms with Crippen LogP contribution in [-0.4, -0.2) is 34.3 Å². The van der Waals surface area contributed by atoms with E-state index in [1.165, 1.54) is 11.7 Å². The van der Waals surface area contributed by atoms with Gasteiger partial charge < -0.3 is 19.8 Å². The highest BCUT2D eigenvalue weighted by atomic mass is 19.4. The number of ether oxygens (including phenoxy) is 2. The van der Waals surface area contributed by atoms with E-state index in [0.717, 1.165) is 12.5 Å². The topological polar surface area (TPSA) is 96.4 Å². The molecule has 0 aliphatic rings. The van der Waals surface area contributed by atoms with Crippen molar-refractivity contribution < 1.29 is 32.2 Å². The lowest BCUT2D eigenvalue weighted by Crippen LogP contribution is -2.27. The second kappa shape index (κ2) is 8.39. The van der Waals surface area contributed by atoms with Gasteiger partial charge in [0.1, 0.15) is 5.60 Å². The second-order valence-electron chi connectivity index (χ2n) is 5.35. The number of aryl methyl sites for hydroxylation is 1. The number of methoxy groups -OCH3 is 1. The predicted octanol–water partition coefficient (Wildman–Crippen LogP) is 2.35. The predicted molar refractivity (Wildman–Crippen MR) is 74.3 cm³/mol. The maximum Gasteiger partial charge on any atom is 0.434 e. The summed E-state index contributed by atoms with van der Waals surface area (Å²) in [4.78, 5) is 23.9. The molecule has 0 aliphatic carbocycles. The third-order valence-corrected chi connectivity index (χ3v) is 2.13. The number of halogens is 3. The van der Waals surface area contributed by atoms with Crippen molar-refractivity contribution in [3.63, 3.8) is 0 Å². The minimum absolute atomic E-state index is 0.0180. The standard InChI is InChI=1S/C8H9F3N2O2.C5H11NO2/c1-15-7(14)2-3-13-4-6(12-5-13)8(9,10)11;1-5(2,3)8-4(6)7/h4-5H,2-3H2,1H3;1-3H3,(H2,6,7). The average molecular weight is 339 g/mol. The van der Waals surface area contributed by atoms with Crippen LogP contribution in [0.5, 0.6) is 0 Å². The summed E-state index contributed by atoms with van der Waals surface area (Å²) in [6.07, 6.45) is -3.27. The van der Waals surface area contributed by atoms with Crippen LogP contribution in [0.25, 0.3) is 0 Å². The van der Waals surface area contributed by atoms with Gasteiger partial charge in [0, 0.05) is 12.7 Å². The van der Waals surface area contributed by atoms with Gasteiger partial charge in [-0.2, -0.15) is 13.2 Å². The Labute approximate surface area is 131 Å². The van der Waals surface area contributed by atoms with Crippen molar-refractivity contribution >= 4 is 12.1 Å². The molecule has 1 heterocycles. The van der Waals surface area contributed by atoms with Gasteiger partial charge in [-0.05, 0) is 20.8 Å². The van der Waals surface area contributed by atoms with E-state index >= 15 is 0 Å². The summed E-state index contributed by atoms with van der Waals surface area (Å²) in [5.41, 5.74) is 3.30. The van der Waals surface area contributed by atoms with Crippen molar-refractivity contribution in [2.75, 3.05) is 7.11 Å². The fourth-order valence-electron chi connectivity index (χ4n) is 1.25. The summed E-state index contributed by atoms with van der Waals surface area (Å²) in [6.45, 7) is 5.41. The molecule has 1 amide bonds. The lowest BCUT2D eigenvalue weighted by molar-refractivity contribution is -0.141. The number of aromatic nitrogens is 2. The summed E-state index contributed by atoms with van der Waals surface area (Å²) in [5, 5.41) is 0. The fraction of sp³-hybridized carbons (Fsp3) is 0.615. The number of amides is 1. The SMILES string of the molecule is CC(C)(C)OC(N)=O.COC(=O)CCn1cnc(C(F)(F)F)c1. The van der Waals surface area contributed by atoms with Crippen LogP contribution in [0.2, 0.25) is 0 Å². The molecule has 1 aromatic rings. The lowest BCUT2D eigenvalue weighted by atomic mass is 10.2. The third kappa shape index (κ3) is 10.1. The molecule has 1 rings (SSSR count). The van der Waals surface area contributed by atoms with Gasteiger partial charge in [0.2, 0.25) is 0 Å². The highest BCUT2D eigenvalue weighted by Crippen LogP contribution is 2.27. The molecule has 0 fully saturated rings. The molecule has 23 heavy (non-hydrogen) atoms. The molecule has 0 saturated heterocycles. The van der Waals surface area contributed by atoms with Crippen LogP contribution in [0.4, 0.5) is 18.0 Å². The number of rotatable bonds is 3. The van der Waals surface area contributed by atoms with Gasteiger partial charge in [-0.15, -0.1) is 0 Å². The highest BCUT2D eigenvalue weighted by molar-refractivity contribution is 5.68. The summed E-state index contributed by atoms with van der Waals surface area (Å²) >= 11 is 0. The van der Waals surface area contributed by atoms with Crippen LogP contribution in [0.3, 0.4) is 0 Å². The molecule has 10 heteroatoms. The maximum atomic E-state index is 12.1. The molecule has 0 radical (unpaired) electrons. The molecule has 0 atom stereocenters. The molecule has 0 aromatic carbocycles. The van der Waals surface area contributed by atoms with E-state index in [-0.39, 0.29) is 13.0 Å². The molecule has 2 N–H and O–H groups in total. The Bertz CT molecular complexity index is 521. The number of nitrogens with two attached hydrogens (primary N) is 1. The van der Waals surface area contributed by atoms with Gasteiger partial charge >= 0.3 is 18.2 Å². The molecular formula is C13H20F3N3O4. The first-order chi connectivity index (χ1) is 10.3. The molecule has 0 unspecified atom stereocenters. The fourth-order valence-corrected chi connectivity index (χ4v) is 1.25. The Morgan fingerprint density at radius 1 is 1.30 bits per heavy atom. The third-order valence-electron chi connectivity index (χ3n) is 2.13. The van der Waals surface area contributed by atoms with E-state index in [4.69, 9.17) is 5.73 Å². The maximum absolute atomic E-state index is 12.1. The zero-order chi connectivity index (χ0) is 18.3. The number of imidazole rings is 1. The number of esters is 1. The van der Waals surface area contributed by atoms with Gasteiger partial charge in [0.05, 0.1) is 19.9 Å². The van der Waals surface area contributed by atoms with Crippen molar-refractivity contribution in [3.8, 4) is 0 Å². The summed E-state index contributed by atoms with van der Waals surface area (Å²) in [7, 11) is 1.22. The van der Waals surface area contributed by atoms with Crippen molar-refractivity contribution in [1.29, 1.82) is 0 Å². The van der Waals surface area contributed by atoms with E-state index in [0.29, 0.717) is 0 Å². The highest BCUT2D eigenvalue weighted by Gasteiger charge is 2.33. The first-order valence-corrected chi connectivity index (χ1v) is 6.49. The minimum atomic E-state index is -4.45. The first kappa shape index (κ1) is 20.7. The smallest absolute Gasteiger partial charge is 0.434 e. The van der Waals surface area contributed by atoms with Crippen molar-refractivity contribution in [3.05, 3.63) is 18.2 Å². The average Bonchev–Trinajstić information content (AvgIpc) is 2.82. The van der Waals surface area contributed by atoms with E-state index in [1.807, 2.05) is 0 Å². The van der Waals surface area contributed by atoms with E-state index in [9.17, 15) is 22.8 Å². The zero-order valence-corrected chi connectivity index (χ0v) is 13.3. The van der Waals surface area contributed by atoms with Crippen molar-refractivity contribution in [2.45, 2.75) is 45.5 Å². The van der Waals surface area contributed by atoms with Crippen molar-refractivity contribution in [2.24, 2.45) is 5.73 Å². The van der Waals surface area contributed by atoms with Gasteiger partial charge in [-0.3, -0.25) is 4.79 Å². The quantitative estimate of drug-likeness (QED) is 0.853. The van der Waals surface area contributed by atoms with Crippen LogP contribution in [0, 0.1) is 0 Å². The number of alkyl halides is 3. The van der Waals surface area contributed by atoms with Gasteiger partial charge in [-0.1, -0.05) is 0 Å². The molecule has 1 aromatic heterocycles. The number of carbonyl (C=O) groups excluding carboxylic acids is 2. The van der Waals surface area contributed by atoms with Gasteiger partial charge in [0.15, 0.2) is 5.69 Å². The Morgan fingerprint density at radius 2 is 1.87 bits per heavy atom. The normalized spacial score (nSPS) is 11.3. The lowest BCUT2D eigenvalue weighted by Gasteiger charge is -2.16. The Morgan fingerprint density at radius 3 is 2.17 bits per heavy atom. The van der Waals surface area contributed by atoms with Crippen LogP contribution in [-0.2, 0) is 27.0 Å². The Hall–Kier alpha value is -2.26. The number of carbonyl (C=O) groups is 2.